The van der Waals surface area contributed by atoms with Crippen LogP contribution in [0.5, 0.6) is 5.75 Å². The molecule has 3 heterocycles. The molecule has 0 aliphatic heterocycles. The second kappa shape index (κ2) is 8.59. The van der Waals surface area contributed by atoms with Crippen LogP contribution in [0.4, 0.5) is 0 Å². The van der Waals surface area contributed by atoms with Gasteiger partial charge in [-0.25, -0.2) is 9.67 Å². The Balaban J connectivity index is 1.39. The molecule has 0 atom stereocenters. The van der Waals surface area contributed by atoms with Crippen LogP contribution in [-0.2, 0) is 6.42 Å². The van der Waals surface area contributed by atoms with Crippen molar-refractivity contribution in [3.8, 4) is 22.0 Å². The van der Waals surface area contributed by atoms with Gasteiger partial charge in [0, 0.05) is 16.8 Å². The van der Waals surface area contributed by atoms with E-state index in [1.54, 1.807) is 33.6 Å². The van der Waals surface area contributed by atoms with Crippen LogP contribution in [0.3, 0.4) is 0 Å². The summed E-state index contributed by atoms with van der Waals surface area (Å²) in [5.41, 5.74) is 2.17. The molecular weight excluding hydrogens is 404 g/mol. The molecule has 4 aromatic rings. The topological polar surface area (TPSA) is 69.0 Å². The number of aryl methyl sites for hydroxylation is 1. The lowest BCUT2D eigenvalue weighted by Gasteiger charge is -2.03. The first-order valence-electron chi connectivity index (χ1n) is 9.12. The van der Waals surface area contributed by atoms with Gasteiger partial charge in [-0.3, -0.25) is 4.79 Å². The maximum atomic E-state index is 12.6. The van der Waals surface area contributed by atoms with E-state index in [9.17, 15) is 4.79 Å². The average molecular weight is 425 g/mol. The molecule has 0 radical (unpaired) electrons. The highest BCUT2D eigenvalue weighted by molar-refractivity contribution is 7.16. The van der Waals surface area contributed by atoms with Crippen molar-refractivity contribution in [1.29, 1.82) is 0 Å². The Morgan fingerprint density at radius 3 is 2.76 bits per heavy atom. The van der Waals surface area contributed by atoms with Gasteiger partial charge in [-0.1, -0.05) is 18.2 Å². The summed E-state index contributed by atoms with van der Waals surface area (Å²) < 4.78 is 6.99. The van der Waals surface area contributed by atoms with Crippen molar-refractivity contribution < 1.29 is 9.53 Å². The van der Waals surface area contributed by atoms with Crippen LogP contribution >= 0.6 is 22.7 Å². The number of nitrogens with one attached hydrogen (secondary N) is 1. The van der Waals surface area contributed by atoms with Gasteiger partial charge in [-0.2, -0.15) is 5.10 Å². The molecule has 0 unspecified atom stereocenters. The van der Waals surface area contributed by atoms with Crippen LogP contribution in [-0.4, -0.2) is 34.3 Å². The molecule has 0 fully saturated rings. The number of carbonyl (C=O) groups is 1. The SMILES string of the molecule is COc1cn(-c2ccccc2)nc1C(=O)NCCc1ccc(-c2csc(C)n2)s1. The smallest absolute Gasteiger partial charge is 0.275 e. The lowest BCUT2D eigenvalue weighted by Crippen LogP contribution is -2.26. The summed E-state index contributed by atoms with van der Waals surface area (Å²) in [6, 6.07) is 13.8. The summed E-state index contributed by atoms with van der Waals surface area (Å²) in [6.45, 7) is 2.53. The van der Waals surface area contributed by atoms with Crippen LogP contribution in [0, 0.1) is 6.92 Å². The maximum Gasteiger partial charge on any atom is 0.275 e. The van der Waals surface area contributed by atoms with Crippen molar-refractivity contribution >= 4 is 28.6 Å². The Morgan fingerprint density at radius 2 is 2.03 bits per heavy atom. The molecule has 0 saturated heterocycles. The fourth-order valence-electron chi connectivity index (χ4n) is 2.89. The number of thiophene rings is 1. The number of carbonyl (C=O) groups excluding carboxylic acids is 1. The van der Waals surface area contributed by atoms with Crippen molar-refractivity contribution in [3.63, 3.8) is 0 Å². The van der Waals surface area contributed by atoms with E-state index in [1.165, 1.54) is 12.0 Å². The van der Waals surface area contributed by atoms with Gasteiger partial charge in [-0.15, -0.1) is 22.7 Å². The van der Waals surface area contributed by atoms with Crippen LogP contribution < -0.4 is 10.1 Å². The summed E-state index contributed by atoms with van der Waals surface area (Å²) in [5, 5.41) is 10.5. The third kappa shape index (κ3) is 4.38. The van der Waals surface area contributed by atoms with Gasteiger partial charge in [0.1, 0.15) is 0 Å². The van der Waals surface area contributed by atoms with Crippen LogP contribution in [0.15, 0.2) is 54.0 Å². The van der Waals surface area contributed by atoms with Crippen LogP contribution in [0.2, 0.25) is 0 Å². The molecule has 0 spiro atoms. The van der Waals surface area contributed by atoms with Crippen LogP contribution in [0.25, 0.3) is 16.3 Å². The Kier molecular flexibility index (Phi) is 5.73. The van der Waals surface area contributed by atoms with Gasteiger partial charge in [0.05, 0.1) is 34.6 Å². The van der Waals surface area contributed by atoms with Crippen molar-refractivity contribution in [3.05, 3.63) is 69.6 Å². The minimum absolute atomic E-state index is 0.247. The van der Waals surface area contributed by atoms with Crippen molar-refractivity contribution in [2.75, 3.05) is 13.7 Å². The monoisotopic (exact) mass is 424 g/mol. The number of hydrogen-bond acceptors (Lipinski definition) is 6. The van der Waals surface area contributed by atoms with Gasteiger partial charge >= 0.3 is 0 Å². The maximum absolute atomic E-state index is 12.6. The number of ether oxygens (including phenoxy) is 1. The second-order valence-electron chi connectivity index (χ2n) is 6.35. The Hall–Kier alpha value is -2.97. The van der Waals surface area contributed by atoms with E-state index < -0.39 is 0 Å². The molecule has 1 amide bonds. The molecule has 0 bridgehead atoms. The minimum atomic E-state index is -0.247. The second-order valence-corrected chi connectivity index (χ2v) is 8.58. The van der Waals surface area contributed by atoms with E-state index >= 15 is 0 Å². The number of thiazole rings is 1. The molecule has 3 aromatic heterocycles. The molecule has 148 valence electrons. The van der Waals surface area contributed by atoms with Gasteiger partial charge in [-0.05, 0) is 37.6 Å². The van der Waals surface area contributed by atoms with Gasteiger partial charge in [0.15, 0.2) is 11.4 Å². The zero-order valence-corrected chi connectivity index (χ0v) is 17.7. The quantitative estimate of drug-likeness (QED) is 0.479. The van der Waals surface area contributed by atoms with E-state index in [1.807, 2.05) is 37.3 Å². The summed E-state index contributed by atoms with van der Waals surface area (Å²) in [7, 11) is 1.54. The number of nitrogens with zero attached hydrogens (tertiary/aromatic N) is 3. The number of aromatic nitrogens is 3. The number of para-hydroxylation sites is 1. The molecular formula is C21H20N4O2S2. The van der Waals surface area contributed by atoms with E-state index in [4.69, 9.17) is 4.74 Å². The number of amides is 1. The van der Waals surface area contributed by atoms with E-state index in [-0.39, 0.29) is 11.6 Å². The normalized spacial score (nSPS) is 10.8. The highest BCUT2D eigenvalue weighted by atomic mass is 32.1. The summed E-state index contributed by atoms with van der Waals surface area (Å²) in [6.07, 6.45) is 2.47. The highest BCUT2D eigenvalue weighted by Gasteiger charge is 2.18. The number of methoxy groups -OCH3 is 1. The molecule has 29 heavy (non-hydrogen) atoms. The van der Waals surface area contributed by atoms with Gasteiger partial charge in [0.25, 0.3) is 5.91 Å². The summed E-state index contributed by atoms with van der Waals surface area (Å²) in [4.78, 5) is 19.5. The molecule has 0 aliphatic carbocycles. The predicted molar refractivity (Wildman–Crippen MR) is 116 cm³/mol. The van der Waals surface area contributed by atoms with Gasteiger partial charge < -0.3 is 10.1 Å². The third-order valence-electron chi connectivity index (χ3n) is 4.33. The fourth-order valence-corrected chi connectivity index (χ4v) is 4.54. The Labute approximate surface area is 176 Å². The zero-order chi connectivity index (χ0) is 20.2. The molecule has 1 aromatic carbocycles. The summed E-state index contributed by atoms with van der Waals surface area (Å²) >= 11 is 3.35. The minimum Gasteiger partial charge on any atom is -0.493 e. The molecule has 4 rings (SSSR count). The van der Waals surface area contributed by atoms with Crippen LogP contribution in [0.1, 0.15) is 20.4 Å². The first-order chi connectivity index (χ1) is 14.1. The van der Waals surface area contributed by atoms with Gasteiger partial charge in [0.2, 0.25) is 0 Å². The number of hydrogen-bond donors (Lipinski definition) is 1. The molecule has 6 nitrogen and oxygen atoms in total. The van der Waals surface area contributed by atoms with Crippen molar-refractivity contribution in [2.24, 2.45) is 0 Å². The molecule has 8 heteroatoms. The lowest BCUT2D eigenvalue weighted by molar-refractivity contribution is 0.0946. The zero-order valence-electron chi connectivity index (χ0n) is 16.1. The van der Waals surface area contributed by atoms with E-state index in [2.05, 4.69) is 32.9 Å². The number of rotatable bonds is 7. The average Bonchev–Trinajstić information content (AvgIpc) is 3.47. The number of benzene rings is 1. The Bertz CT molecular complexity index is 1110. The largest absolute Gasteiger partial charge is 0.493 e. The molecule has 1 N–H and O–H groups in total. The standard InChI is InChI=1S/C21H20N4O2S2/c1-14-23-17(13-28-14)19-9-8-16(29-19)10-11-22-21(26)20-18(27-2)12-25(24-20)15-6-4-3-5-7-15/h3-9,12-13H,10-11H2,1-2H3,(H,22,26). The van der Waals surface area contributed by atoms with E-state index in [0.29, 0.717) is 12.3 Å². The first-order valence-corrected chi connectivity index (χ1v) is 10.8. The fraction of sp³-hybridized carbons (Fsp3) is 0.190. The molecule has 0 aliphatic rings. The predicted octanol–water partition coefficient (Wildman–Crippen LogP) is 4.35. The highest BCUT2D eigenvalue weighted by Crippen LogP contribution is 2.29. The lowest BCUT2D eigenvalue weighted by atomic mass is 10.3. The van der Waals surface area contributed by atoms with Crippen molar-refractivity contribution in [1.82, 2.24) is 20.1 Å². The molecule has 0 saturated carbocycles. The first kappa shape index (κ1) is 19.4. The van der Waals surface area contributed by atoms with E-state index in [0.717, 1.165) is 27.7 Å². The Morgan fingerprint density at radius 1 is 1.21 bits per heavy atom. The van der Waals surface area contributed by atoms with Crippen molar-refractivity contribution in [2.45, 2.75) is 13.3 Å². The summed E-state index contributed by atoms with van der Waals surface area (Å²) in [5.74, 6) is 0.201. The third-order valence-corrected chi connectivity index (χ3v) is 6.27.